The summed E-state index contributed by atoms with van der Waals surface area (Å²) in [5.41, 5.74) is -4.85. The van der Waals surface area contributed by atoms with Crippen molar-refractivity contribution in [3.8, 4) is 0 Å². The molecule has 0 aromatic carbocycles. The molecular weight excluding hydrogens is 230 g/mol. The summed E-state index contributed by atoms with van der Waals surface area (Å²) < 4.78 is 72.1. The Morgan fingerprint density at radius 1 is 1.00 bits per heavy atom. The van der Waals surface area contributed by atoms with Gasteiger partial charge in [-0.2, -0.15) is 26.3 Å². The number of rotatable bonds is 3. The van der Waals surface area contributed by atoms with Crippen LogP contribution in [0, 0.1) is 0 Å². The minimum absolute atomic E-state index is 0.311. The molecule has 0 aliphatic rings. The highest BCUT2D eigenvalue weighted by Gasteiger charge is 2.70. The van der Waals surface area contributed by atoms with Gasteiger partial charge in [-0.05, 0) is 6.42 Å². The number of hydrogen-bond donors (Lipinski definition) is 2. The lowest BCUT2D eigenvalue weighted by atomic mass is 9.93. The van der Waals surface area contributed by atoms with E-state index in [1.54, 1.807) is 0 Å². The van der Waals surface area contributed by atoms with Crippen molar-refractivity contribution in [1.82, 2.24) is 0 Å². The Hall–Kier alpha value is -0.500. The highest BCUT2D eigenvalue weighted by Crippen LogP contribution is 2.45. The summed E-state index contributed by atoms with van der Waals surface area (Å²) in [5, 5.41) is 17.3. The van der Waals surface area contributed by atoms with E-state index in [2.05, 4.69) is 0 Å². The van der Waals surface area contributed by atoms with Crippen LogP contribution in [0.3, 0.4) is 0 Å². The first kappa shape index (κ1) is 14.5. The van der Waals surface area contributed by atoms with Gasteiger partial charge in [-0.15, -0.1) is 0 Å². The molecule has 0 bridgehead atoms. The van der Waals surface area contributed by atoms with Crippen LogP contribution in [-0.2, 0) is 0 Å². The summed E-state index contributed by atoms with van der Waals surface area (Å²) in [6.45, 7) is 1.21. The lowest BCUT2D eigenvalue weighted by Gasteiger charge is -2.33. The number of halogens is 6. The molecular formula is C7H10F6O2. The fourth-order valence-corrected chi connectivity index (χ4v) is 0.878. The maximum Gasteiger partial charge on any atom is 0.426 e. The van der Waals surface area contributed by atoms with Crippen LogP contribution in [0.2, 0.25) is 0 Å². The fourth-order valence-electron chi connectivity index (χ4n) is 0.878. The summed E-state index contributed by atoms with van der Waals surface area (Å²) >= 11 is 0. The average Bonchev–Trinajstić information content (AvgIpc) is 1.99. The Labute approximate surface area is 81.5 Å². The van der Waals surface area contributed by atoms with Gasteiger partial charge in [0, 0.05) is 6.42 Å². The fraction of sp³-hybridized carbons (Fsp3) is 1.00. The predicted octanol–water partition coefficient (Wildman–Crippen LogP) is 2.00. The first-order valence-electron chi connectivity index (χ1n) is 3.99. The second-order valence-corrected chi connectivity index (χ2v) is 3.12. The smallest absolute Gasteiger partial charge is 0.393 e. The Kier molecular flexibility index (Phi) is 4.03. The minimum atomic E-state index is -5.86. The largest absolute Gasteiger partial charge is 0.426 e. The van der Waals surface area contributed by atoms with E-state index < -0.39 is 30.5 Å². The molecule has 0 aliphatic carbocycles. The molecule has 0 aromatic heterocycles. The Balaban J connectivity index is 5.06. The summed E-state index contributed by atoms with van der Waals surface area (Å²) in [4.78, 5) is 0. The standard InChI is InChI=1S/C7H10F6O2/c1-2-4(14)3-5(15,6(8,9)10)7(11,12)13/h4,14-15H,2-3H2,1H3. The van der Waals surface area contributed by atoms with Gasteiger partial charge in [-0.3, -0.25) is 0 Å². The van der Waals surface area contributed by atoms with Crippen LogP contribution in [0.4, 0.5) is 26.3 Å². The first-order chi connectivity index (χ1) is 6.45. The van der Waals surface area contributed by atoms with E-state index in [9.17, 15) is 26.3 Å². The molecule has 0 aromatic rings. The Bertz CT molecular complexity index is 195. The third kappa shape index (κ3) is 2.97. The van der Waals surface area contributed by atoms with Crippen molar-refractivity contribution >= 4 is 0 Å². The molecule has 2 N–H and O–H groups in total. The van der Waals surface area contributed by atoms with Crippen LogP contribution in [0.1, 0.15) is 19.8 Å². The van der Waals surface area contributed by atoms with Crippen LogP contribution < -0.4 is 0 Å². The highest BCUT2D eigenvalue weighted by molar-refractivity contribution is 4.95. The number of alkyl halides is 6. The molecule has 0 spiro atoms. The third-order valence-electron chi connectivity index (χ3n) is 1.94. The maximum atomic E-state index is 12.0. The summed E-state index contributed by atoms with van der Waals surface area (Å²) in [6, 6.07) is 0. The molecule has 15 heavy (non-hydrogen) atoms. The van der Waals surface area contributed by atoms with Crippen LogP contribution in [0.15, 0.2) is 0 Å². The van der Waals surface area contributed by atoms with E-state index in [1.165, 1.54) is 6.92 Å². The van der Waals surface area contributed by atoms with Crippen molar-refractivity contribution < 1.29 is 36.6 Å². The predicted molar refractivity (Wildman–Crippen MR) is 38.0 cm³/mol. The number of aliphatic hydroxyl groups is 2. The SMILES string of the molecule is CCC(O)CC(O)(C(F)(F)F)C(F)(F)F. The molecule has 0 heterocycles. The molecule has 0 saturated heterocycles. The van der Waals surface area contributed by atoms with Crippen molar-refractivity contribution in [3.63, 3.8) is 0 Å². The number of aliphatic hydroxyl groups excluding tert-OH is 1. The van der Waals surface area contributed by atoms with Crippen molar-refractivity contribution in [2.24, 2.45) is 0 Å². The Morgan fingerprint density at radius 3 is 1.53 bits per heavy atom. The molecule has 92 valence electrons. The number of hydrogen-bond acceptors (Lipinski definition) is 2. The van der Waals surface area contributed by atoms with Gasteiger partial charge in [-0.25, -0.2) is 0 Å². The molecule has 0 amide bonds. The lowest BCUT2D eigenvalue weighted by molar-refractivity contribution is -0.374. The molecule has 8 heteroatoms. The lowest BCUT2D eigenvalue weighted by Crippen LogP contribution is -2.58. The van der Waals surface area contributed by atoms with E-state index >= 15 is 0 Å². The molecule has 0 radical (unpaired) electrons. The van der Waals surface area contributed by atoms with Crippen LogP contribution in [0.5, 0.6) is 0 Å². The minimum Gasteiger partial charge on any atom is -0.393 e. The molecule has 0 aliphatic heterocycles. The van der Waals surface area contributed by atoms with Crippen LogP contribution in [-0.4, -0.2) is 34.3 Å². The molecule has 1 atom stereocenters. The van der Waals surface area contributed by atoms with Gasteiger partial charge < -0.3 is 10.2 Å². The average molecular weight is 240 g/mol. The van der Waals surface area contributed by atoms with Gasteiger partial charge in [0.15, 0.2) is 0 Å². The van der Waals surface area contributed by atoms with Gasteiger partial charge in [0.05, 0.1) is 6.10 Å². The van der Waals surface area contributed by atoms with Crippen molar-refractivity contribution in [2.75, 3.05) is 0 Å². The zero-order valence-corrected chi connectivity index (χ0v) is 7.65. The first-order valence-corrected chi connectivity index (χ1v) is 3.99. The van der Waals surface area contributed by atoms with Crippen molar-refractivity contribution in [2.45, 2.75) is 43.8 Å². The molecule has 0 saturated carbocycles. The quantitative estimate of drug-likeness (QED) is 0.741. The second-order valence-electron chi connectivity index (χ2n) is 3.12. The molecule has 0 fully saturated rings. The zero-order chi connectivity index (χ0) is 12.5. The maximum absolute atomic E-state index is 12.0. The third-order valence-corrected chi connectivity index (χ3v) is 1.94. The van der Waals surface area contributed by atoms with Crippen molar-refractivity contribution in [1.29, 1.82) is 0 Å². The van der Waals surface area contributed by atoms with Crippen LogP contribution in [0.25, 0.3) is 0 Å². The molecule has 0 rings (SSSR count). The van der Waals surface area contributed by atoms with Gasteiger partial charge in [-0.1, -0.05) is 6.92 Å². The second kappa shape index (κ2) is 4.17. The summed E-state index contributed by atoms with van der Waals surface area (Å²) in [6.07, 6.45) is -15.7. The van der Waals surface area contributed by atoms with Gasteiger partial charge >= 0.3 is 12.4 Å². The van der Waals surface area contributed by atoms with E-state index in [-0.39, 0.29) is 6.42 Å². The van der Waals surface area contributed by atoms with Crippen LogP contribution >= 0.6 is 0 Å². The summed E-state index contributed by atoms with van der Waals surface area (Å²) in [7, 11) is 0. The van der Waals surface area contributed by atoms with E-state index in [0.29, 0.717) is 0 Å². The zero-order valence-electron chi connectivity index (χ0n) is 7.65. The summed E-state index contributed by atoms with van der Waals surface area (Å²) in [5.74, 6) is 0. The van der Waals surface area contributed by atoms with E-state index in [1.807, 2.05) is 0 Å². The molecule has 1 unspecified atom stereocenters. The van der Waals surface area contributed by atoms with Crippen molar-refractivity contribution in [3.05, 3.63) is 0 Å². The van der Waals surface area contributed by atoms with E-state index in [4.69, 9.17) is 10.2 Å². The Morgan fingerprint density at radius 2 is 1.33 bits per heavy atom. The highest BCUT2D eigenvalue weighted by atomic mass is 19.4. The topological polar surface area (TPSA) is 40.5 Å². The van der Waals surface area contributed by atoms with E-state index in [0.717, 1.165) is 0 Å². The van der Waals surface area contributed by atoms with Gasteiger partial charge in [0.1, 0.15) is 0 Å². The van der Waals surface area contributed by atoms with Gasteiger partial charge in [0.25, 0.3) is 5.60 Å². The normalized spacial score (nSPS) is 16.6. The van der Waals surface area contributed by atoms with Gasteiger partial charge in [0.2, 0.25) is 0 Å². The molecule has 2 nitrogen and oxygen atoms in total. The monoisotopic (exact) mass is 240 g/mol.